The Morgan fingerprint density at radius 2 is 2.15 bits per heavy atom. The first-order valence-electron chi connectivity index (χ1n) is 4.20. The number of aryl methyl sites for hydroxylation is 2. The van der Waals surface area contributed by atoms with Crippen molar-refractivity contribution in [3.8, 4) is 11.4 Å². The zero-order valence-corrected chi connectivity index (χ0v) is 8.00. The zero-order chi connectivity index (χ0) is 9.42. The lowest BCUT2D eigenvalue weighted by Crippen LogP contribution is -1.94. The van der Waals surface area contributed by atoms with E-state index in [1.165, 1.54) is 5.56 Å². The van der Waals surface area contributed by atoms with Crippen molar-refractivity contribution in [3.05, 3.63) is 23.5 Å². The summed E-state index contributed by atoms with van der Waals surface area (Å²) in [4.78, 5) is 0. The number of rotatable bonds is 1. The van der Waals surface area contributed by atoms with Crippen LogP contribution in [-0.4, -0.2) is 20.0 Å². The largest absolute Gasteiger partial charge is 0.276 e. The third-order valence-corrected chi connectivity index (χ3v) is 2.28. The molecule has 0 aliphatic heterocycles. The first kappa shape index (κ1) is 8.04. The molecule has 13 heavy (non-hydrogen) atoms. The smallest absolute Gasteiger partial charge is 0.0889 e. The van der Waals surface area contributed by atoms with Gasteiger partial charge in [0, 0.05) is 13.2 Å². The number of hydrogen-bond acceptors (Lipinski definition) is 2. The van der Waals surface area contributed by atoms with E-state index in [9.17, 15) is 0 Å². The summed E-state index contributed by atoms with van der Waals surface area (Å²) in [5.74, 6) is 0. The van der Waals surface area contributed by atoms with E-state index in [0.29, 0.717) is 0 Å². The molecule has 0 radical (unpaired) electrons. The van der Waals surface area contributed by atoms with Crippen LogP contribution in [-0.2, 0) is 7.05 Å². The molecule has 1 N–H and O–H groups in total. The lowest BCUT2D eigenvalue weighted by Gasteiger charge is -1.98. The fraction of sp³-hybridized carbons (Fsp3) is 0.333. The van der Waals surface area contributed by atoms with Gasteiger partial charge in [0.15, 0.2) is 0 Å². The SMILES string of the molecule is Cc1nn(C)c(-c2ccn[nH]2)c1C. The lowest BCUT2D eigenvalue weighted by molar-refractivity contribution is 0.761. The zero-order valence-electron chi connectivity index (χ0n) is 8.00. The molecule has 0 spiro atoms. The fourth-order valence-corrected chi connectivity index (χ4v) is 1.53. The second-order valence-corrected chi connectivity index (χ2v) is 3.15. The second-order valence-electron chi connectivity index (χ2n) is 3.15. The third kappa shape index (κ3) is 1.14. The van der Waals surface area contributed by atoms with E-state index in [4.69, 9.17) is 0 Å². The molecule has 0 unspecified atom stereocenters. The molecule has 2 aromatic rings. The molecule has 0 fully saturated rings. The van der Waals surface area contributed by atoms with Crippen LogP contribution in [0.15, 0.2) is 12.3 Å². The van der Waals surface area contributed by atoms with E-state index in [-0.39, 0.29) is 0 Å². The Kier molecular flexibility index (Phi) is 1.69. The molecule has 2 heterocycles. The van der Waals surface area contributed by atoms with Gasteiger partial charge in [0.2, 0.25) is 0 Å². The van der Waals surface area contributed by atoms with E-state index < -0.39 is 0 Å². The van der Waals surface area contributed by atoms with Gasteiger partial charge < -0.3 is 0 Å². The molecule has 4 heteroatoms. The molecule has 2 aromatic heterocycles. The van der Waals surface area contributed by atoms with Crippen molar-refractivity contribution in [3.63, 3.8) is 0 Å². The topological polar surface area (TPSA) is 46.5 Å². The van der Waals surface area contributed by atoms with Crippen LogP contribution in [0.2, 0.25) is 0 Å². The maximum atomic E-state index is 4.34. The molecule has 2 rings (SSSR count). The van der Waals surface area contributed by atoms with Crippen LogP contribution >= 0.6 is 0 Å². The summed E-state index contributed by atoms with van der Waals surface area (Å²) in [6, 6.07) is 1.95. The molecule has 0 saturated heterocycles. The summed E-state index contributed by atoms with van der Waals surface area (Å²) in [5.41, 5.74) is 4.38. The highest BCUT2D eigenvalue weighted by Gasteiger charge is 2.11. The standard InChI is InChI=1S/C9H12N4/c1-6-7(2)12-13(3)9(6)8-4-5-10-11-8/h4-5H,1-3H3,(H,10,11). The van der Waals surface area contributed by atoms with Crippen LogP contribution < -0.4 is 0 Å². The summed E-state index contributed by atoms with van der Waals surface area (Å²) >= 11 is 0. The molecular formula is C9H12N4. The highest BCUT2D eigenvalue weighted by atomic mass is 15.3. The van der Waals surface area contributed by atoms with Crippen molar-refractivity contribution >= 4 is 0 Å². The predicted octanol–water partition coefficient (Wildman–Crippen LogP) is 1.43. The average molecular weight is 176 g/mol. The van der Waals surface area contributed by atoms with E-state index in [1.54, 1.807) is 6.20 Å². The second kappa shape index (κ2) is 2.73. The van der Waals surface area contributed by atoms with Gasteiger partial charge in [-0.05, 0) is 25.5 Å². The first-order chi connectivity index (χ1) is 6.20. The van der Waals surface area contributed by atoms with Gasteiger partial charge in [0.05, 0.1) is 17.1 Å². The Morgan fingerprint density at radius 3 is 2.62 bits per heavy atom. The van der Waals surface area contributed by atoms with Gasteiger partial charge in [-0.1, -0.05) is 0 Å². The van der Waals surface area contributed by atoms with Crippen LogP contribution in [0.4, 0.5) is 0 Å². The van der Waals surface area contributed by atoms with Crippen LogP contribution in [0.3, 0.4) is 0 Å². The Labute approximate surface area is 76.6 Å². The van der Waals surface area contributed by atoms with Gasteiger partial charge in [-0.2, -0.15) is 10.2 Å². The highest BCUT2D eigenvalue weighted by molar-refractivity contribution is 5.59. The summed E-state index contributed by atoms with van der Waals surface area (Å²) < 4.78 is 1.87. The normalized spacial score (nSPS) is 10.7. The molecule has 0 aromatic carbocycles. The molecule has 0 saturated carbocycles. The quantitative estimate of drug-likeness (QED) is 0.714. The van der Waals surface area contributed by atoms with Crippen molar-refractivity contribution in [1.29, 1.82) is 0 Å². The van der Waals surface area contributed by atoms with Crippen LogP contribution in [0.5, 0.6) is 0 Å². The van der Waals surface area contributed by atoms with Gasteiger partial charge in [0.25, 0.3) is 0 Å². The first-order valence-corrected chi connectivity index (χ1v) is 4.20. The predicted molar refractivity (Wildman–Crippen MR) is 50.3 cm³/mol. The Balaban J connectivity index is 2.64. The maximum Gasteiger partial charge on any atom is 0.0889 e. The van der Waals surface area contributed by atoms with Crippen molar-refractivity contribution in [2.45, 2.75) is 13.8 Å². The molecular weight excluding hydrogens is 164 g/mol. The monoisotopic (exact) mass is 176 g/mol. The molecule has 68 valence electrons. The van der Waals surface area contributed by atoms with Crippen molar-refractivity contribution in [2.75, 3.05) is 0 Å². The van der Waals surface area contributed by atoms with E-state index in [1.807, 2.05) is 24.7 Å². The minimum atomic E-state index is 1.01. The Hall–Kier alpha value is -1.58. The molecule has 0 bridgehead atoms. The molecule has 4 nitrogen and oxygen atoms in total. The van der Waals surface area contributed by atoms with Crippen LogP contribution in [0.25, 0.3) is 11.4 Å². The fourth-order valence-electron chi connectivity index (χ4n) is 1.53. The van der Waals surface area contributed by atoms with Gasteiger partial charge in [-0.15, -0.1) is 0 Å². The molecule has 0 amide bonds. The van der Waals surface area contributed by atoms with Crippen LogP contribution in [0.1, 0.15) is 11.3 Å². The number of H-pyrrole nitrogens is 1. The van der Waals surface area contributed by atoms with Gasteiger partial charge in [0.1, 0.15) is 0 Å². The van der Waals surface area contributed by atoms with Crippen molar-refractivity contribution in [2.24, 2.45) is 7.05 Å². The van der Waals surface area contributed by atoms with Gasteiger partial charge in [-0.25, -0.2) is 0 Å². The van der Waals surface area contributed by atoms with E-state index in [2.05, 4.69) is 22.2 Å². The Morgan fingerprint density at radius 1 is 1.38 bits per heavy atom. The minimum Gasteiger partial charge on any atom is -0.276 e. The summed E-state index contributed by atoms with van der Waals surface area (Å²) in [6.45, 7) is 4.08. The molecule has 0 atom stereocenters. The minimum absolute atomic E-state index is 1.01. The van der Waals surface area contributed by atoms with Crippen LogP contribution in [0, 0.1) is 13.8 Å². The number of aromatic nitrogens is 4. The Bertz CT molecular complexity index is 411. The number of nitrogens with one attached hydrogen (secondary N) is 1. The van der Waals surface area contributed by atoms with E-state index in [0.717, 1.165) is 17.1 Å². The average Bonchev–Trinajstić information content (AvgIpc) is 2.63. The number of hydrogen-bond donors (Lipinski definition) is 1. The number of aromatic amines is 1. The highest BCUT2D eigenvalue weighted by Crippen LogP contribution is 2.21. The van der Waals surface area contributed by atoms with Gasteiger partial charge in [-0.3, -0.25) is 9.78 Å². The molecule has 0 aliphatic rings. The summed E-state index contributed by atoms with van der Waals surface area (Å²) in [7, 11) is 1.94. The maximum absolute atomic E-state index is 4.34. The summed E-state index contributed by atoms with van der Waals surface area (Å²) in [5, 5.41) is 11.2. The van der Waals surface area contributed by atoms with Gasteiger partial charge >= 0.3 is 0 Å². The van der Waals surface area contributed by atoms with E-state index >= 15 is 0 Å². The third-order valence-electron chi connectivity index (χ3n) is 2.28. The lowest BCUT2D eigenvalue weighted by atomic mass is 10.2. The molecule has 0 aliphatic carbocycles. The van der Waals surface area contributed by atoms with Crippen molar-refractivity contribution in [1.82, 2.24) is 20.0 Å². The number of nitrogens with zero attached hydrogens (tertiary/aromatic N) is 3. The summed E-state index contributed by atoms with van der Waals surface area (Å²) in [6.07, 6.45) is 1.75. The van der Waals surface area contributed by atoms with Crippen molar-refractivity contribution < 1.29 is 0 Å².